The summed E-state index contributed by atoms with van der Waals surface area (Å²) >= 11 is 1.29. The van der Waals surface area contributed by atoms with E-state index in [0.717, 1.165) is 19.3 Å². The van der Waals surface area contributed by atoms with Crippen LogP contribution in [0.5, 0.6) is 0 Å². The summed E-state index contributed by atoms with van der Waals surface area (Å²) in [6.45, 7) is 1.96. The molecule has 0 aliphatic carbocycles. The molecule has 1 rings (SSSR count). The fourth-order valence-electron chi connectivity index (χ4n) is 1.70. The van der Waals surface area contributed by atoms with Crippen molar-refractivity contribution < 1.29 is 19.5 Å². The predicted molar refractivity (Wildman–Crippen MR) is 68.3 cm³/mol. The van der Waals surface area contributed by atoms with Crippen LogP contribution in [-0.2, 0) is 14.4 Å². The summed E-state index contributed by atoms with van der Waals surface area (Å²) in [5.74, 6) is -1.29. The molecule has 1 heterocycles. The summed E-state index contributed by atoms with van der Waals surface area (Å²) in [5.41, 5.74) is 0. The number of aliphatic carboxylic acids is 1. The number of carboxylic acid groups (broad SMARTS) is 1. The number of nitrogens with one attached hydrogen (secondary N) is 2. The van der Waals surface area contributed by atoms with E-state index >= 15 is 0 Å². The molecule has 0 aromatic rings. The van der Waals surface area contributed by atoms with Crippen molar-refractivity contribution in [3.05, 3.63) is 0 Å². The van der Waals surface area contributed by atoms with Crippen LogP contribution in [0.1, 0.15) is 26.2 Å². The third kappa shape index (κ3) is 4.95. The van der Waals surface area contributed by atoms with Crippen LogP contribution in [-0.4, -0.2) is 46.5 Å². The summed E-state index contributed by atoms with van der Waals surface area (Å²) < 4.78 is 0. The van der Waals surface area contributed by atoms with E-state index in [-0.39, 0.29) is 22.8 Å². The summed E-state index contributed by atoms with van der Waals surface area (Å²) in [4.78, 5) is 33.4. The van der Waals surface area contributed by atoms with E-state index < -0.39 is 12.0 Å². The molecule has 2 atom stereocenters. The number of thioether (sulfide) groups is 1. The van der Waals surface area contributed by atoms with Crippen molar-refractivity contribution in [2.24, 2.45) is 0 Å². The minimum atomic E-state index is -1.08. The molecule has 0 aromatic carbocycles. The van der Waals surface area contributed by atoms with Gasteiger partial charge < -0.3 is 15.7 Å². The molecular weight excluding hydrogens is 256 g/mol. The zero-order chi connectivity index (χ0) is 13.5. The summed E-state index contributed by atoms with van der Waals surface area (Å²) in [5, 5.41) is 13.9. The lowest BCUT2D eigenvalue weighted by Gasteiger charge is -2.17. The first kappa shape index (κ1) is 14.8. The molecule has 0 aromatic heterocycles. The van der Waals surface area contributed by atoms with E-state index in [9.17, 15) is 14.4 Å². The molecule has 18 heavy (non-hydrogen) atoms. The standard InChI is InChI=1S/C11H18N2O4S/c1-7(14)13-8(11(16)17)6-18-9-4-2-3-5-12-10(9)15/h8-9H,2-6H2,1H3,(H,12,15)(H,13,14)(H,16,17). The Morgan fingerprint density at radius 2 is 2.28 bits per heavy atom. The summed E-state index contributed by atoms with van der Waals surface area (Å²) in [6.07, 6.45) is 2.66. The molecule has 0 spiro atoms. The van der Waals surface area contributed by atoms with Gasteiger partial charge in [-0.25, -0.2) is 4.79 Å². The van der Waals surface area contributed by atoms with Crippen LogP contribution in [0.15, 0.2) is 0 Å². The molecule has 1 saturated heterocycles. The van der Waals surface area contributed by atoms with Gasteiger partial charge in [0, 0.05) is 19.2 Å². The van der Waals surface area contributed by atoms with E-state index in [2.05, 4.69) is 10.6 Å². The topological polar surface area (TPSA) is 95.5 Å². The Morgan fingerprint density at radius 1 is 1.56 bits per heavy atom. The van der Waals surface area contributed by atoms with Crippen molar-refractivity contribution in [3.8, 4) is 0 Å². The van der Waals surface area contributed by atoms with Crippen LogP contribution in [0.25, 0.3) is 0 Å². The maximum Gasteiger partial charge on any atom is 0.327 e. The lowest BCUT2D eigenvalue weighted by molar-refractivity contribution is -0.140. The molecule has 1 aliphatic heterocycles. The van der Waals surface area contributed by atoms with Gasteiger partial charge in [-0.3, -0.25) is 9.59 Å². The number of carbonyl (C=O) groups is 3. The molecule has 0 radical (unpaired) electrons. The molecule has 1 fully saturated rings. The van der Waals surface area contributed by atoms with E-state index in [4.69, 9.17) is 5.11 Å². The minimum Gasteiger partial charge on any atom is -0.480 e. The fraction of sp³-hybridized carbons (Fsp3) is 0.727. The quantitative estimate of drug-likeness (QED) is 0.655. The highest BCUT2D eigenvalue weighted by atomic mass is 32.2. The molecule has 0 bridgehead atoms. The number of carbonyl (C=O) groups excluding carboxylic acids is 2. The Bertz CT molecular complexity index is 335. The Hall–Kier alpha value is -1.24. The number of rotatable bonds is 5. The van der Waals surface area contributed by atoms with Gasteiger partial charge in [0.25, 0.3) is 0 Å². The van der Waals surface area contributed by atoms with Gasteiger partial charge in [0.2, 0.25) is 11.8 Å². The second-order valence-corrected chi connectivity index (χ2v) is 5.44. The molecule has 2 unspecified atom stereocenters. The smallest absolute Gasteiger partial charge is 0.327 e. The molecule has 3 N–H and O–H groups in total. The number of carboxylic acids is 1. The van der Waals surface area contributed by atoms with Crippen LogP contribution in [0.4, 0.5) is 0 Å². The molecule has 7 heteroatoms. The highest BCUT2D eigenvalue weighted by Gasteiger charge is 2.25. The van der Waals surface area contributed by atoms with E-state index in [1.54, 1.807) is 0 Å². The van der Waals surface area contributed by atoms with Gasteiger partial charge in [0.1, 0.15) is 6.04 Å². The Balaban J connectivity index is 2.47. The van der Waals surface area contributed by atoms with E-state index in [1.165, 1.54) is 18.7 Å². The first-order chi connectivity index (χ1) is 8.50. The van der Waals surface area contributed by atoms with Gasteiger partial charge in [-0.15, -0.1) is 11.8 Å². The van der Waals surface area contributed by atoms with E-state index in [0.29, 0.717) is 6.54 Å². The van der Waals surface area contributed by atoms with Crippen molar-refractivity contribution in [3.63, 3.8) is 0 Å². The van der Waals surface area contributed by atoms with Gasteiger partial charge >= 0.3 is 5.97 Å². The van der Waals surface area contributed by atoms with Gasteiger partial charge in [-0.05, 0) is 12.8 Å². The Morgan fingerprint density at radius 3 is 2.89 bits per heavy atom. The molecule has 6 nitrogen and oxygen atoms in total. The highest BCUT2D eigenvalue weighted by Crippen LogP contribution is 2.20. The number of hydrogen-bond acceptors (Lipinski definition) is 4. The number of amides is 2. The molecule has 102 valence electrons. The fourth-order valence-corrected chi connectivity index (χ4v) is 2.92. The first-order valence-corrected chi connectivity index (χ1v) is 6.95. The van der Waals surface area contributed by atoms with Crippen LogP contribution in [0.2, 0.25) is 0 Å². The van der Waals surface area contributed by atoms with Crippen LogP contribution < -0.4 is 10.6 Å². The van der Waals surface area contributed by atoms with Crippen molar-refractivity contribution in [2.45, 2.75) is 37.5 Å². The molecule has 0 saturated carbocycles. The monoisotopic (exact) mass is 274 g/mol. The van der Waals surface area contributed by atoms with Crippen LogP contribution in [0, 0.1) is 0 Å². The van der Waals surface area contributed by atoms with Crippen molar-refractivity contribution in [1.29, 1.82) is 0 Å². The third-order valence-corrected chi connectivity index (χ3v) is 4.00. The SMILES string of the molecule is CC(=O)NC(CSC1CCCCNC1=O)C(=O)O. The lowest BCUT2D eigenvalue weighted by Crippen LogP contribution is -2.42. The third-order valence-electron chi connectivity index (χ3n) is 2.62. The van der Waals surface area contributed by atoms with E-state index in [1.807, 2.05) is 0 Å². The zero-order valence-corrected chi connectivity index (χ0v) is 11.1. The molecule has 2 amide bonds. The summed E-state index contributed by atoms with van der Waals surface area (Å²) in [7, 11) is 0. The van der Waals surface area contributed by atoms with Gasteiger partial charge in [-0.1, -0.05) is 6.42 Å². The van der Waals surface area contributed by atoms with Crippen LogP contribution in [0.3, 0.4) is 0 Å². The van der Waals surface area contributed by atoms with Crippen molar-refractivity contribution in [2.75, 3.05) is 12.3 Å². The van der Waals surface area contributed by atoms with Crippen LogP contribution >= 0.6 is 11.8 Å². The normalized spacial score (nSPS) is 21.6. The first-order valence-electron chi connectivity index (χ1n) is 5.90. The average molecular weight is 274 g/mol. The molecule has 1 aliphatic rings. The number of hydrogen-bond donors (Lipinski definition) is 3. The molecular formula is C11H18N2O4S. The van der Waals surface area contributed by atoms with Gasteiger partial charge in [0.05, 0.1) is 5.25 Å². The second-order valence-electron chi connectivity index (χ2n) is 4.20. The van der Waals surface area contributed by atoms with Crippen molar-refractivity contribution >= 4 is 29.5 Å². The lowest BCUT2D eigenvalue weighted by atomic mass is 10.2. The largest absolute Gasteiger partial charge is 0.480 e. The Labute approximate surface area is 110 Å². The maximum atomic E-state index is 11.7. The zero-order valence-electron chi connectivity index (χ0n) is 10.3. The highest BCUT2D eigenvalue weighted by molar-refractivity contribution is 8.00. The van der Waals surface area contributed by atoms with Gasteiger partial charge in [-0.2, -0.15) is 0 Å². The predicted octanol–water partition coefficient (Wildman–Crippen LogP) is -0.0224. The summed E-state index contributed by atoms with van der Waals surface area (Å²) in [6, 6.07) is -0.941. The Kier molecular flexibility index (Phi) is 5.97. The van der Waals surface area contributed by atoms with Crippen molar-refractivity contribution in [1.82, 2.24) is 10.6 Å². The van der Waals surface area contributed by atoms with Gasteiger partial charge in [0.15, 0.2) is 0 Å². The minimum absolute atomic E-state index is 0.0375. The average Bonchev–Trinajstić information content (AvgIpc) is 2.48. The second kappa shape index (κ2) is 7.25. The maximum absolute atomic E-state index is 11.7.